The number of anilines is 3. The molecule has 0 radical (unpaired) electrons. The van der Waals surface area contributed by atoms with Crippen LogP contribution in [-0.2, 0) is 4.74 Å². The molecule has 1 aromatic heterocycles. The standard InChI is InChI=1S/C20H16ClFN4O2/c21-15-5-12(1-2-16(15)22)26-20-11(8-23)9-25-18-7-19(17(24)6-14(18)20)28-13-3-4-27-10-13/h1-2,5-7,9,13H,3-4,10,24H2,(H,25,26). The molecular weight excluding hydrogens is 383 g/mol. The van der Waals surface area contributed by atoms with Gasteiger partial charge in [0.2, 0.25) is 0 Å². The van der Waals surface area contributed by atoms with Gasteiger partial charge in [0.1, 0.15) is 23.7 Å². The molecule has 0 aliphatic carbocycles. The fourth-order valence-electron chi connectivity index (χ4n) is 3.06. The third kappa shape index (κ3) is 3.52. The average Bonchev–Trinajstić information content (AvgIpc) is 3.19. The fourth-order valence-corrected chi connectivity index (χ4v) is 3.24. The quantitative estimate of drug-likeness (QED) is 0.633. The zero-order chi connectivity index (χ0) is 19.7. The monoisotopic (exact) mass is 398 g/mol. The van der Waals surface area contributed by atoms with Crippen LogP contribution in [0.4, 0.5) is 21.5 Å². The van der Waals surface area contributed by atoms with Crippen LogP contribution in [0.25, 0.3) is 10.9 Å². The highest BCUT2D eigenvalue weighted by Crippen LogP contribution is 2.35. The Hall–Kier alpha value is -3.08. The summed E-state index contributed by atoms with van der Waals surface area (Å²) < 4.78 is 24.7. The molecule has 0 spiro atoms. The van der Waals surface area contributed by atoms with Crippen molar-refractivity contribution in [3.63, 3.8) is 0 Å². The number of halogens is 2. The average molecular weight is 399 g/mol. The summed E-state index contributed by atoms with van der Waals surface area (Å²) in [4.78, 5) is 4.35. The first-order valence-electron chi connectivity index (χ1n) is 8.64. The number of rotatable bonds is 4. The lowest BCUT2D eigenvalue weighted by Gasteiger charge is -2.16. The summed E-state index contributed by atoms with van der Waals surface area (Å²) in [5.74, 6) is 0.00483. The number of ether oxygens (including phenoxy) is 2. The van der Waals surface area contributed by atoms with E-state index in [9.17, 15) is 9.65 Å². The molecule has 1 unspecified atom stereocenters. The second-order valence-electron chi connectivity index (χ2n) is 6.42. The van der Waals surface area contributed by atoms with E-state index in [-0.39, 0.29) is 11.1 Å². The molecule has 3 N–H and O–H groups in total. The topological polar surface area (TPSA) is 93.2 Å². The highest BCUT2D eigenvalue weighted by Gasteiger charge is 2.20. The molecule has 2 heterocycles. The molecular formula is C20H16ClFN4O2. The van der Waals surface area contributed by atoms with Crippen molar-refractivity contribution in [2.45, 2.75) is 12.5 Å². The summed E-state index contributed by atoms with van der Waals surface area (Å²) in [7, 11) is 0. The Morgan fingerprint density at radius 1 is 1.36 bits per heavy atom. The van der Waals surface area contributed by atoms with E-state index < -0.39 is 5.82 Å². The number of hydrogen-bond acceptors (Lipinski definition) is 6. The molecule has 6 nitrogen and oxygen atoms in total. The van der Waals surface area contributed by atoms with E-state index in [1.54, 1.807) is 12.1 Å². The van der Waals surface area contributed by atoms with Gasteiger partial charge < -0.3 is 20.5 Å². The van der Waals surface area contributed by atoms with Crippen molar-refractivity contribution in [1.29, 1.82) is 5.26 Å². The lowest BCUT2D eigenvalue weighted by Crippen LogP contribution is -2.16. The van der Waals surface area contributed by atoms with Crippen LogP contribution in [0.15, 0.2) is 36.5 Å². The second kappa shape index (κ2) is 7.50. The van der Waals surface area contributed by atoms with Gasteiger partial charge in [-0.15, -0.1) is 0 Å². The van der Waals surface area contributed by atoms with Crippen molar-refractivity contribution in [2.75, 3.05) is 24.3 Å². The van der Waals surface area contributed by atoms with Gasteiger partial charge in [0.25, 0.3) is 0 Å². The smallest absolute Gasteiger partial charge is 0.144 e. The first-order valence-corrected chi connectivity index (χ1v) is 9.02. The Labute approximate surface area is 165 Å². The number of hydrogen-bond donors (Lipinski definition) is 2. The molecule has 1 atom stereocenters. The van der Waals surface area contributed by atoms with Crippen molar-refractivity contribution in [3.8, 4) is 11.8 Å². The van der Waals surface area contributed by atoms with Crippen molar-refractivity contribution >= 4 is 39.6 Å². The van der Waals surface area contributed by atoms with E-state index in [2.05, 4.69) is 16.4 Å². The Kier molecular flexibility index (Phi) is 4.90. The maximum absolute atomic E-state index is 13.4. The first-order chi connectivity index (χ1) is 13.5. The molecule has 2 aromatic carbocycles. The summed E-state index contributed by atoms with van der Waals surface area (Å²) in [5.41, 5.74) is 8.60. The molecule has 8 heteroatoms. The molecule has 1 fully saturated rings. The summed E-state index contributed by atoms with van der Waals surface area (Å²) in [6, 6.07) is 9.80. The number of nitrogens with one attached hydrogen (secondary N) is 1. The maximum atomic E-state index is 13.4. The predicted molar refractivity (Wildman–Crippen MR) is 105 cm³/mol. The van der Waals surface area contributed by atoms with E-state index in [0.29, 0.717) is 52.5 Å². The van der Waals surface area contributed by atoms with Crippen LogP contribution in [0.3, 0.4) is 0 Å². The number of nitrogens with zero attached hydrogens (tertiary/aromatic N) is 2. The summed E-state index contributed by atoms with van der Waals surface area (Å²) in [5, 5.41) is 13.2. The van der Waals surface area contributed by atoms with Crippen LogP contribution in [-0.4, -0.2) is 24.3 Å². The van der Waals surface area contributed by atoms with Crippen LogP contribution in [0.2, 0.25) is 5.02 Å². The van der Waals surface area contributed by atoms with Gasteiger partial charge in [-0.05, 0) is 24.3 Å². The van der Waals surface area contributed by atoms with E-state index in [4.69, 9.17) is 26.8 Å². The van der Waals surface area contributed by atoms with Crippen LogP contribution >= 0.6 is 11.6 Å². The lowest BCUT2D eigenvalue weighted by molar-refractivity contribution is 0.142. The van der Waals surface area contributed by atoms with Crippen LogP contribution in [0.1, 0.15) is 12.0 Å². The number of nitriles is 1. The zero-order valence-corrected chi connectivity index (χ0v) is 15.5. The van der Waals surface area contributed by atoms with E-state index in [1.807, 2.05) is 0 Å². The molecule has 1 saturated heterocycles. The van der Waals surface area contributed by atoms with Crippen molar-refractivity contribution in [1.82, 2.24) is 4.98 Å². The normalized spacial score (nSPS) is 16.1. The van der Waals surface area contributed by atoms with Crippen LogP contribution in [0, 0.1) is 17.1 Å². The largest absolute Gasteiger partial charge is 0.486 e. The molecule has 142 valence electrons. The van der Waals surface area contributed by atoms with Gasteiger partial charge in [-0.1, -0.05) is 11.6 Å². The highest BCUT2D eigenvalue weighted by molar-refractivity contribution is 6.31. The molecule has 3 aromatic rings. The van der Waals surface area contributed by atoms with E-state index >= 15 is 0 Å². The van der Waals surface area contributed by atoms with E-state index in [1.165, 1.54) is 24.4 Å². The SMILES string of the molecule is N#Cc1cnc2cc(OC3CCOC3)c(N)cc2c1Nc1ccc(F)c(Cl)c1. The van der Waals surface area contributed by atoms with Gasteiger partial charge in [-0.2, -0.15) is 5.26 Å². The first kappa shape index (κ1) is 18.3. The summed E-state index contributed by atoms with van der Waals surface area (Å²) in [6.45, 7) is 1.19. The number of fused-ring (bicyclic) bond motifs is 1. The predicted octanol–water partition coefficient (Wildman–Crippen LogP) is 4.39. The zero-order valence-electron chi connectivity index (χ0n) is 14.7. The highest BCUT2D eigenvalue weighted by atomic mass is 35.5. The maximum Gasteiger partial charge on any atom is 0.144 e. The van der Waals surface area contributed by atoms with Crippen molar-refractivity contribution < 1.29 is 13.9 Å². The Morgan fingerprint density at radius 3 is 2.93 bits per heavy atom. The van der Waals surface area contributed by atoms with Gasteiger partial charge in [-0.25, -0.2) is 4.39 Å². The molecule has 28 heavy (non-hydrogen) atoms. The molecule has 0 bridgehead atoms. The minimum Gasteiger partial charge on any atom is -0.486 e. The number of pyridine rings is 1. The molecule has 4 rings (SSSR count). The Balaban J connectivity index is 1.76. The Morgan fingerprint density at radius 2 is 2.21 bits per heavy atom. The molecule has 0 saturated carbocycles. The second-order valence-corrected chi connectivity index (χ2v) is 6.83. The Bertz CT molecular complexity index is 1090. The van der Waals surface area contributed by atoms with Gasteiger partial charge in [0.05, 0.1) is 40.7 Å². The van der Waals surface area contributed by atoms with Crippen LogP contribution < -0.4 is 15.8 Å². The van der Waals surface area contributed by atoms with Gasteiger partial charge >= 0.3 is 0 Å². The summed E-state index contributed by atoms with van der Waals surface area (Å²) >= 11 is 5.86. The van der Waals surface area contributed by atoms with E-state index in [0.717, 1.165) is 6.42 Å². The van der Waals surface area contributed by atoms with Gasteiger partial charge in [0, 0.05) is 29.8 Å². The number of nitrogens with two attached hydrogens (primary N) is 1. The minimum absolute atomic E-state index is 0.0177. The fraction of sp³-hybridized carbons (Fsp3) is 0.200. The lowest BCUT2D eigenvalue weighted by atomic mass is 10.1. The van der Waals surface area contributed by atoms with Gasteiger partial charge in [0.15, 0.2) is 0 Å². The molecule has 1 aliphatic rings. The van der Waals surface area contributed by atoms with Crippen molar-refractivity contribution in [2.24, 2.45) is 0 Å². The minimum atomic E-state index is -0.519. The third-order valence-corrected chi connectivity index (χ3v) is 4.78. The molecule has 0 amide bonds. The summed E-state index contributed by atoms with van der Waals surface area (Å²) in [6.07, 6.45) is 2.22. The molecule has 1 aliphatic heterocycles. The number of nitrogen functional groups attached to an aromatic ring is 1. The van der Waals surface area contributed by atoms with Crippen molar-refractivity contribution in [3.05, 3.63) is 52.9 Å². The number of aromatic nitrogens is 1. The number of benzene rings is 2. The van der Waals surface area contributed by atoms with Gasteiger partial charge in [-0.3, -0.25) is 4.98 Å². The van der Waals surface area contributed by atoms with Crippen LogP contribution in [0.5, 0.6) is 5.75 Å². The third-order valence-electron chi connectivity index (χ3n) is 4.49.